The quantitative estimate of drug-likeness (QED) is 0.785. The summed E-state index contributed by atoms with van der Waals surface area (Å²) in [5.41, 5.74) is 1.44. The van der Waals surface area contributed by atoms with Crippen LogP contribution in [0.4, 0.5) is 13.2 Å². The number of carbonyl (C=O) groups excluding carboxylic acids is 2. The zero-order valence-corrected chi connectivity index (χ0v) is 12.6. The lowest BCUT2D eigenvalue weighted by molar-refractivity contribution is -0.187. The van der Waals surface area contributed by atoms with Gasteiger partial charge < -0.3 is 9.64 Å². The van der Waals surface area contributed by atoms with Gasteiger partial charge >= 0.3 is 18.1 Å². The molecule has 2 aliphatic rings. The summed E-state index contributed by atoms with van der Waals surface area (Å²) in [6, 6.07) is 4.96. The first-order valence-corrected chi connectivity index (χ1v) is 7.43. The van der Waals surface area contributed by atoms with E-state index in [1.54, 1.807) is 25.1 Å². The lowest BCUT2D eigenvalue weighted by atomic mass is 9.86. The fourth-order valence-corrected chi connectivity index (χ4v) is 3.20. The smallest absolute Gasteiger partial charge is 0.462 e. The Balaban J connectivity index is 1.93. The van der Waals surface area contributed by atoms with Gasteiger partial charge in [-0.25, -0.2) is 4.79 Å². The van der Waals surface area contributed by atoms with Crippen molar-refractivity contribution in [2.75, 3.05) is 13.2 Å². The largest absolute Gasteiger partial charge is 0.471 e. The molecule has 3 rings (SSSR count). The van der Waals surface area contributed by atoms with Crippen LogP contribution >= 0.6 is 0 Å². The predicted molar refractivity (Wildman–Crippen MR) is 74.8 cm³/mol. The number of amides is 1. The fourth-order valence-electron chi connectivity index (χ4n) is 3.20. The molecule has 0 N–H and O–H groups in total. The molecule has 7 heteroatoms. The van der Waals surface area contributed by atoms with Crippen molar-refractivity contribution in [3.05, 3.63) is 34.9 Å². The number of carbonyl (C=O) groups is 2. The number of halogens is 3. The van der Waals surface area contributed by atoms with Crippen molar-refractivity contribution in [2.24, 2.45) is 0 Å². The Morgan fingerprint density at radius 1 is 1.30 bits per heavy atom. The van der Waals surface area contributed by atoms with E-state index in [4.69, 9.17) is 4.74 Å². The third-order valence-electron chi connectivity index (χ3n) is 4.43. The molecule has 0 aromatic heterocycles. The highest BCUT2D eigenvalue weighted by Crippen LogP contribution is 2.52. The van der Waals surface area contributed by atoms with Gasteiger partial charge in [-0.15, -0.1) is 0 Å². The highest BCUT2D eigenvalue weighted by atomic mass is 19.4. The number of esters is 1. The number of alkyl halides is 3. The van der Waals surface area contributed by atoms with Crippen LogP contribution in [0.15, 0.2) is 18.2 Å². The molecular weight excluding hydrogens is 311 g/mol. The molecule has 1 spiro atoms. The lowest BCUT2D eigenvalue weighted by Gasteiger charge is -2.35. The molecule has 0 bridgehead atoms. The molecule has 0 unspecified atom stereocenters. The van der Waals surface area contributed by atoms with Gasteiger partial charge in [0.1, 0.15) is 0 Å². The van der Waals surface area contributed by atoms with E-state index in [9.17, 15) is 22.8 Å². The van der Waals surface area contributed by atoms with E-state index >= 15 is 0 Å². The summed E-state index contributed by atoms with van der Waals surface area (Å²) < 4.78 is 43.1. The first-order chi connectivity index (χ1) is 10.8. The molecule has 1 aromatic carbocycles. The number of nitrogens with zero attached hydrogens (tertiary/aromatic N) is 1. The summed E-state index contributed by atoms with van der Waals surface area (Å²) in [6.45, 7) is 1.84. The average Bonchev–Trinajstić information content (AvgIpc) is 3.25. The molecule has 1 fully saturated rings. The predicted octanol–water partition coefficient (Wildman–Crippen LogP) is 2.80. The first-order valence-electron chi connectivity index (χ1n) is 7.43. The minimum atomic E-state index is -4.88. The molecule has 23 heavy (non-hydrogen) atoms. The molecule has 1 aliphatic heterocycles. The van der Waals surface area contributed by atoms with Crippen molar-refractivity contribution in [2.45, 2.75) is 37.9 Å². The summed E-state index contributed by atoms with van der Waals surface area (Å²) in [5, 5.41) is 0. The Labute approximate surface area is 131 Å². The number of hydrogen-bond donors (Lipinski definition) is 0. The summed E-state index contributed by atoms with van der Waals surface area (Å²) in [5.74, 6) is -2.34. The summed E-state index contributed by atoms with van der Waals surface area (Å²) in [7, 11) is 0. The lowest BCUT2D eigenvalue weighted by Crippen LogP contribution is -2.47. The van der Waals surface area contributed by atoms with Crippen LogP contribution in [0, 0.1) is 0 Å². The number of rotatable bonds is 2. The Bertz CT molecular complexity index is 665. The van der Waals surface area contributed by atoms with E-state index in [2.05, 4.69) is 0 Å². The van der Waals surface area contributed by atoms with Crippen LogP contribution in [0.2, 0.25) is 0 Å². The summed E-state index contributed by atoms with van der Waals surface area (Å²) in [4.78, 5) is 24.2. The topological polar surface area (TPSA) is 46.6 Å². The highest BCUT2D eigenvalue weighted by molar-refractivity contribution is 5.90. The van der Waals surface area contributed by atoms with Crippen LogP contribution in [0.1, 0.15) is 41.3 Å². The van der Waals surface area contributed by atoms with E-state index in [1.165, 1.54) is 0 Å². The fraction of sp³-hybridized carbons (Fsp3) is 0.500. The average molecular weight is 327 g/mol. The Kier molecular flexibility index (Phi) is 3.61. The third-order valence-corrected chi connectivity index (χ3v) is 4.43. The normalized spacial score (nSPS) is 18.5. The van der Waals surface area contributed by atoms with Gasteiger partial charge in [0.05, 0.1) is 12.2 Å². The molecule has 1 saturated carbocycles. The minimum Gasteiger partial charge on any atom is -0.462 e. The van der Waals surface area contributed by atoms with Crippen LogP contribution in [0.5, 0.6) is 0 Å². The molecular formula is C16H16F3NO3. The maximum atomic E-state index is 12.7. The SMILES string of the molecule is CCOC(=O)c1ccc2c(c1)CN(C(=O)C(F)(F)F)CC21CC1. The molecule has 1 heterocycles. The van der Waals surface area contributed by atoms with Crippen molar-refractivity contribution in [1.29, 1.82) is 0 Å². The zero-order valence-electron chi connectivity index (χ0n) is 12.6. The second-order valence-electron chi connectivity index (χ2n) is 6.03. The molecule has 124 valence electrons. The van der Waals surface area contributed by atoms with Crippen LogP contribution < -0.4 is 0 Å². The van der Waals surface area contributed by atoms with Gasteiger partial charge in [0.2, 0.25) is 0 Å². The monoisotopic (exact) mass is 327 g/mol. The Morgan fingerprint density at radius 3 is 2.57 bits per heavy atom. The van der Waals surface area contributed by atoms with Gasteiger partial charge in [0, 0.05) is 18.5 Å². The summed E-state index contributed by atoms with van der Waals surface area (Å²) in [6.07, 6.45) is -3.38. The highest BCUT2D eigenvalue weighted by Gasteiger charge is 2.53. The molecule has 4 nitrogen and oxygen atoms in total. The number of hydrogen-bond acceptors (Lipinski definition) is 3. The maximum absolute atomic E-state index is 12.7. The molecule has 1 amide bonds. The molecule has 0 saturated heterocycles. The number of benzene rings is 1. The second-order valence-corrected chi connectivity index (χ2v) is 6.03. The molecule has 1 aliphatic carbocycles. The molecule has 0 radical (unpaired) electrons. The van der Waals surface area contributed by atoms with Crippen LogP contribution in [0.3, 0.4) is 0 Å². The van der Waals surface area contributed by atoms with Gasteiger partial charge in [0.25, 0.3) is 0 Å². The van der Waals surface area contributed by atoms with Gasteiger partial charge in [-0.2, -0.15) is 13.2 Å². The van der Waals surface area contributed by atoms with Crippen LogP contribution in [-0.2, 0) is 21.5 Å². The van der Waals surface area contributed by atoms with Crippen LogP contribution in [0.25, 0.3) is 0 Å². The number of fused-ring (bicyclic) bond motifs is 2. The second kappa shape index (κ2) is 5.25. The van der Waals surface area contributed by atoms with E-state index in [-0.39, 0.29) is 25.1 Å². The van der Waals surface area contributed by atoms with E-state index < -0.39 is 18.1 Å². The molecule has 0 atom stereocenters. The van der Waals surface area contributed by atoms with Gasteiger partial charge in [-0.3, -0.25) is 4.79 Å². The van der Waals surface area contributed by atoms with Crippen molar-refractivity contribution in [1.82, 2.24) is 4.90 Å². The van der Waals surface area contributed by atoms with Crippen LogP contribution in [-0.4, -0.2) is 36.1 Å². The van der Waals surface area contributed by atoms with Crippen molar-refractivity contribution >= 4 is 11.9 Å². The maximum Gasteiger partial charge on any atom is 0.471 e. The van der Waals surface area contributed by atoms with E-state index in [0.29, 0.717) is 11.1 Å². The Morgan fingerprint density at radius 2 is 2.00 bits per heavy atom. The van der Waals surface area contributed by atoms with Gasteiger partial charge in [0.15, 0.2) is 0 Å². The van der Waals surface area contributed by atoms with Gasteiger partial charge in [-0.1, -0.05) is 6.07 Å². The third kappa shape index (κ3) is 2.80. The first kappa shape index (κ1) is 15.8. The summed E-state index contributed by atoms with van der Waals surface area (Å²) >= 11 is 0. The zero-order chi connectivity index (χ0) is 16.8. The molecule has 1 aromatic rings. The van der Waals surface area contributed by atoms with Crippen molar-refractivity contribution in [3.63, 3.8) is 0 Å². The standard InChI is InChI=1S/C16H16F3NO3/c1-2-23-13(21)10-3-4-12-11(7-10)8-20(9-15(12)5-6-15)14(22)16(17,18)19/h3-4,7H,2,5-6,8-9H2,1H3. The van der Waals surface area contributed by atoms with E-state index in [0.717, 1.165) is 23.3 Å². The number of ether oxygens (including phenoxy) is 1. The minimum absolute atomic E-state index is 0.0805. The van der Waals surface area contributed by atoms with E-state index in [1.807, 2.05) is 0 Å². The van der Waals surface area contributed by atoms with Crippen molar-refractivity contribution < 1.29 is 27.5 Å². The van der Waals surface area contributed by atoms with Crippen molar-refractivity contribution in [3.8, 4) is 0 Å². The Hall–Kier alpha value is -2.05. The van der Waals surface area contributed by atoms with Gasteiger partial charge in [-0.05, 0) is 43.0 Å².